The fraction of sp³-hybridized carbons (Fsp3) is 0.588. The normalized spacial score (nSPS) is 16.4. The predicted octanol–water partition coefficient (Wildman–Crippen LogP) is 3.30. The lowest BCUT2D eigenvalue weighted by Crippen LogP contribution is -2.42. The molecule has 1 aliphatic heterocycles. The highest BCUT2D eigenvalue weighted by Crippen LogP contribution is 2.29. The third kappa shape index (κ3) is 4.50. The summed E-state index contributed by atoms with van der Waals surface area (Å²) in [6.45, 7) is 6.74. The molecule has 1 aromatic rings. The zero-order valence-electron chi connectivity index (χ0n) is 13.9. The first kappa shape index (κ1) is 17.4. The number of carbonyl (C=O) groups is 1. The summed E-state index contributed by atoms with van der Waals surface area (Å²) < 4.78 is 19.4. The van der Waals surface area contributed by atoms with Crippen LogP contribution in [0, 0.1) is 11.7 Å². The van der Waals surface area contributed by atoms with Gasteiger partial charge in [-0.15, -0.1) is 0 Å². The number of phenols is 1. The summed E-state index contributed by atoms with van der Waals surface area (Å²) in [4.78, 5) is 13.7. The molecule has 128 valence electrons. The average molecular weight is 324 g/mol. The van der Waals surface area contributed by atoms with Gasteiger partial charge in [0.2, 0.25) is 0 Å². The van der Waals surface area contributed by atoms with Crippen LogP contribution in [0.3, 0.4) is 0 Å². The number of nitrogens with zero attached hydrogens (tertiary/aromatic N) is 1. The molecule has 2 rings (SSSR count). The van der Waals surface area contributed by atoms with E-state index >= 15 is 0 Å². The first-order valence-corrected chi connectivity index (χ1v) is 7.91. The summed E-state index contributed by atoms with van der Waals surface area (Å²) in [6.07, 6.45) is 1.84. The monoisotopic (exact) mass is 324 g/mol. The van der Waals surface area contributed by atoms with Crippen LogP contribution in [0.4, 0.5) is 14.9 Å². The molecule has 3 N–H and O–H groups in total. The van der Waals surface area contributed by atoms with E-state index in [0.717, 1.165) is 12.8 Å². The highest BCUT2D eigenvalue weighted by Gasteiger charge is 2.27. The molecule has 1 heterocycles. The van der Waals surface area contributed by atoms with E-state index in [4.69, 9.17) is 10.5 Å². The Bertz CT molecular complexity index is 576. The molecule has 0 bridgehead atoms. The van der Waals surface area contributed by atoms with Gasteiger partial charge in [0.15, 0.2) is 5.82 Å². The molecule has 1 fully saturated rings. The molecule has 1 aromatic carbocycles. The third-order valence-electron chi connectivity index (χ3n) is 4.01. The van der Waals surface area contributed by atoms with Crippen LogP contribution in [0.5, 0.6) is 5.75 Å². The van der Waals surface area contributed by atoms with Crippen LogP contribution in [-0.4, -0.2) is 34.8 Å². The maximum atomic E-state index is 14.0. The highest BCUT2D eigenvalue weighted by molar-refractivity contribution is 5.68. The lowest BCUT2D eigenvalue weighted by atomic mass is 9.90. The van der Waals surface area contributed by atoms with E-state index in [-0.39, 0.29) is 23.4 Å². The minimum absolute atomic E-state index is 0.200. The standard InChI is InChI=1S/C17H25FN2O3/c1-17(2,3)23-16(22)20-8-6-11(7-9-20)10-12-4-5-13(21)15(19)14(12)18/h4-5,11,21H,6-10,19H2,1-3H3. The molecule has 1 aliphatic rings. The van der Waals surface area contributed by atoms with Crippen LogP contribution in [0.1, 0.15) is 39.2 Å². The molecule has 0 unspecified atom stereocenters. The number of hydrogen-bond acceptors (Lipinski definition) is 4. The quantitative estimate of drug-likeness (QED) is 0.646. The van der Waals surface area contributed by atoms with Gasteiger partial charge in [0, 0.05) is 13.1 Å². The fourth-order valence-electron chi connectivity index (χ4n) is 2.74. The number of amides is 1. The second kappa shape index (κ2) is 6.64. The van der Waals surface area contributed by atoms with Gasteiger partial charge in [-0.05, 0) is 57.6 Å². The van der Waals surface area contributed by atoms with Gasteiger partial charge in [-0.2, -0.15) is 0 Å². The summed E-state index contributed by atoms with van der Waals surface area (Å²) >= 11 is 0. The molecule has 5 nitrogen and oxygen atoms in total. The van der Waals surface area contributed by atoms with Gasteiger partial charge in [-0.1, -0.05) is 6.07 Å². The molecule has 1 saturated heterocycles. The number of halogens is 1. The first-order valence-electron chi connectivity index (χ1n) is 7.91. The molecule has 0 spiro atoms. The molecule has 1 amide bonds. The number of phenolic OH excluding ortho intramolecular Hbond substituents is 1. The maximum absolute atomic E-state index is 14.0. The number of anilines is 1. The van der Waals surface area contributed by atoms with Crippen molar-refractivity contribution in [3.63, 3.8) is 0 Å². The number of hydrogen-bond donors (Lipinski definition) is 2. The van der Waals surface area contributed by atoms with Crippen LogP contribution in [-0.2, 0) is 11.2 Å². The Morgan fingerprint density at radius 1 is 1.39 bits per heavy atom. The second-order valence-corrected chi connectivity index (χ2v) is 7.09. The smallest absolute Gasteiger partial charge is 0.410 e. The minimum Gasteiger partial charge on any atom is -0.506 e. The van der Waals surface area contributed by atoms with E-state index in [1.165, 1.54) is 6.07 Å². The fourth-order valence-corrected chi connectivity index (χ4v) is 2.74. The lowest BCUT2D eigenvalue weighted by molar-refractivity contribution is 0.0184. The summed E-state index contributed by atoms with van der Waals surface area (Å²) in [5.74, 6) is -0.488. The van der Waals surface area contributed by atoms with Gasteiger partial charge in [0.05, 0.1) is 0 Å². The topological polar surface area (TPSA) is 75.8 Å². The number of likely N-dealkylation sites (tertiary alicyclic amines) is 1. The summed E-state index contributed by atoms with van der Waals surface area (Å²) in [5, 5.41) is 9.40. The summed E-state index contributed by atoms with van der Waals surface area (Å²) in [7, 11) is 0. The Hall–Kier alpha value is -1.98. The molecule has 23 heavy (non-hydrogen) atoms. The first-order chi connectivity index (χ1) is 10.7. The van der Waals surface area contributed by atoms with Crippen LogP contribution in [0.25, 0.3) is 0 Å². The third-order valence-corrected chi connectivity index (χ3v) is 4.01. The van der Waals surface area contributed by atoms with Crippen molar-refractivity contribution in [2.24, 2.45) is 5.92 Å². The summed E-state index contributed by atoms with van der Waals surface area (Å²) in [5.41, 5.74) is 5.32. The zero-order chi connectivity index (χ0) is 17.2. The van der Waals surface area contributed by atoms with E-state index in [1.807, 2.05) is 20.8 Å². The molecule has 0 aromatic heterocycles. The van der Waals surface area contributed by atoms with E-state index in [2.05, 4.69) is 0 Å². The van der Waals surface area contributed by atoms with Crippen molar-refractivity contribution in [1.29, 1.82) is 0 Å². The minimum atomic E-state index is -0.542. The number of rotatable bonds is 2. The number of nitrogen functional groups attached to an aromatic ring is 1. The Labute approximate surface area is 136 Å². The van der Waals surface area contributed by atoms with Gasteiger partial charge in [0.25, 0.3) is 0 Å². The van der Waals surface area contributed by atoms with Crippen LogP contribution in [0.15, 0.2) is 12.1 Å². The van der Waals surface area contributed by atoms with Crippen LogP contribution < -0.4 is 5.73 Å². The number of benzene rings is 1. The predicted molar refractivity (Wildman–Crippen MR) is 86.7 cm³/mol. The van der Waals surface area contributed by atoms with E-state index in [9.17, 15) is 14.3 Å². The van der Waals surface area contributed by atoms with Crippen molar-refractivity contribution in [1.82, 2.24) is 4.90 Å². The Morgan fingerprint density at radius 2 is 2.00 bits per heavy atom. The van der Waals surface area contributed by atoms with Gasteiger partial charge in [-0.3, -0.25) is 0 Å². The number of nitrogens with two attached hydrogens (primary N) is 1. The zero-order valence-corrected chi connectivity index (χ0v) is 13.9. The molecular formula is C17H25FN2O3. The van der Waals surface area contributed by atoms with Gasteiger partial charge >= 0.3 is 6.09 Å². The number of carbonyl (C=O) groups excluding carboxylic acids is 1. The lowest BCUT2D eigenvalue weighted by Gasteiger charge is -2.33. The average Bonchev–Trinajstić information content (AvgIpc) is 2.47. The largest absolute Gasteiger partial charge is 0.506 e. The van der Waals surface area contributed by atoms with Gasteiger partial charge < -0.3 is 20.5 Å². The van der Waals surface area contributed by atoms with Crippen molar-refractivity contribution in [2.75, 3.05) is 18.8 Å². The van der Waals surface area contributed by atoms with Crippen molar-refractivity contribution in [3.05, 3.63) is 23.5 Å². The van der Waals surface area contributed by atoms with Crippen LogP contribution in [0.2, 0.25) is 0 Å². The maximum Gasteiger partial charge on any atom is 0.410 e. The molecule has 6 heteroatoms. The Balaban J connectivity index is 1.90. The van der Waals surface area contributed by atoms with Crippen molar-refractivity contribution in [2.45, 2.75) is 45.6 Å². The summed E-state index contributed by atoms with van der Waals surface area (Å²) in [6, 6.07) is 2.99. The molecule has 0 saturated carbocycles. The number of ether oxygens (including phenoxy) is 1. The molecule has 0 radical (unpaired) electrons. The van der Waals surface area contributed by atoms with E-state index in [0.29, 0.717) is 25.1 Å². The molecule has 0 atom stereocenters. The van der Waals surface area contributed by atoms with Crippen LogP contribution >= 0.6 is 0 Å². The van der Waals surface area contributed by atoms with Gasteiger partial charge in [-0.25, -0.2) is 9.18 Å². The number of aromatic hydroxyl groups is 1. The number of piperidine rings is 1. The van der Waals surface area contributed by atoms with Crippen molar-refractivity contribution >= 4 is 11.8 Å². The van der Waals surface area contributed by atoms with Gasteiger partial charge in [0.1, 0.15) is 17.0 Å². The highest BCUT2D eigenvalue weighted by atomic mass is 19.1. The Kier molecular flexibility index (Phi) is 5.02. The molecular weight excluding hydrogens is 299 g/mol. The second-order valence-electron chi connectivity index (χ2n) is 7.09. The van der Waals surface area contributed by atoms with Crippen molar-refractivity contribution in [3.8, 4) is 5.75 Å². The van der Waals surface area contributed by atoms with E-state index in [1.54, 1.807) is 11.0 Å². The van der Waals surface area contributed by atoms with E-state index < -0.39 is 11.4 Å². The molecule has 0 aliphatic carbocycles. The van der Waals surface area contributed by atoms with Crippen molar-refractivity contribution < 1.29 is 19.0 Å². The Morgan fingerprint density at radius 3 is 2.57 bits per heavy atom. The SMILES string of the molecule is CC(C)(C)OC(=O)N1CCC(Cc2ccc(O)c(N)c2F)CC1.